The number of rotatable bonds is 6. The topological polar surface area (TPSA) is 90.9 Å². The fraction of sp³-hybridized carbons (Fsp3) is 0.267. The van der Waals surface area contributed by atoms with Crippen LogP contribution in [-0.2, 0) is 14.3 Å². The number of benzene rings is 1. The Morgan fingerprint density at radius 1 is 1.26 bits per heavy atom. The van der Waals surface area contributed by atoms with E-state index in [1.807, 2.05) is 6.92 Å². The van der Waals surface area contributed by atoms with Gasteiger partial charge in [-0.15, -0.1) is 0 Å². The molecule has 0 aromatic heterocycles. The standard InChI is InChI=1S/C15H15NO6S/c1-3-21-11-6-9(7-12-14(18)16-15(19)23-12)4-5-10(11)22-8-13(17)20-2/h4-7H,3,8H2,1-2H3,(H,16,18,19)/b12-7+. The maximum absolute atomic E-state index is 11.5. The lowest BCUT2D eigenvalue weighted by Crippen LogP contribution is -2.17. The Bertz CT molecular complexity index is 670. The summed E-state index contributed by atoms with van der Waals surface area (Å²) in [5.41, 5.74) is 0.672. The monoisotopic (exact) mass is 337 g/mol. The number of ether oxygens (including phenoxy) is 3. The summed E-state index contributed by atoms with van der Waals surface area (Å²) in [4.78, 5) is 34.2. The first-order valence-corrected chi connectivity index (χ1v) is 7.56. The highest BCUT2D eigenvalue weighted by molar-refractivity contribution is 8.18. The largest absolute Gasteiger partial charge is 0.490 e. The van der Waals surface area contributed by atoms with Gasteiger partial charge in [-0.2, -0.15) is 0 Å². The van der Waals surface area contributed by atoms with Gasteiger partial charge in [0.1, 0.15) is 0 Å². The summed E-state index contributed by atoms with van der Waals surface area (Å²) in [5, 5.41) is 1.79. The Hall–Kier alpha value is -2.48. The van der Waals surface area contributed by atoms with Crippen molar-refractivity contribution in [3.05, 3.63) is 28.7 Å². The van der Waals surface area contributed by atoms with Crippen molar-refractivity contribution in [3.8, 4) is 11.5 Å². The zero-order valence-corrected chi connectivity index (χ0v) is 13.4. The third kappa shape index (κ3) is 4.49. The molecule has 23 heavy (non-hydrogen) atoms. The zero-order valence-electron chi connectivity index (χ0n) is 12.6. The predicted molar refractivity (Wildman–Crippen MR) is 84.2 cm³/mol. The first-order valence-electron chi connectivity index (χ1n) is 6.74. The lowest BCUT2D eigenvalue weighted by molar-refractivity contribution is -0.142. The Morgan fingerprint density at radius 3 is 2.65 bits per heavy atom. The summed E-state index contributed by atoms with van der Waals surface area (Å²) in [6.45, 7) is 1.99. The van der Waals surface area contributed by atoms with Crippen molar-refractivity contribution in [1.82, 2.24) is 5.32 Å². The maximum Gasteiger partial charge on any atom is 0.343 e. The molecule has 1 saturated heterocycles. The fourth-order valence-electron chi connectivity index (χ4n) is 1.77. The van der Waals surface area contributed by atoms with Gasteiger partial charge in [-0.3, -0.25) is 14.9 Å². The molecular formula is C15H15NO6S. The molecule has 2 rings (SSSR count). The van der Waals surface area contributed by atoms with Gasteiger partial charge in [0.15, 0.2) is 18.1 Å². The molecule has 1 N–H and O–H groups in total. The summed E-state index contributed by atoms with van der Waals surface area (Å²) in [6, 6.07) is 4.98. The minimum absolute atomic E-state index is 0.232. The Labute approximate surface area is 137 Å². The van der Waals surface area contributed by atoms with Gasteiger partial charge in [0, 0.05) is 0 Å². The smallest absolute Gasteiger partial charge is 0.343 e. The van der Waals surface area contributed by atoms with Gasteiger partial charge >= 0.3 is 5.97 Å². The van der Waals surface area contributed by atoms with E-state index in [4.69, 9.17) is 9.47 Å². The molecular weight excluding hydrogens is 322 g/mol. The average molecular weight is 337 g/mol. The van der Waals surface area contributed by atoms with Crippen LogP contribution >= 0.6 is 11.8 Å². The van der Waals surface area contributed by atoms with E-state index < -0.39 is 17.1 Å². The lowest BCUT2D eigenvalue weighted by Gasteiger charge is -2.12. The van der Waals surface area contributed by atoms with Gasteiger partial charge in [0.05, 0.1) is 18.6 Å². The van der Waals surface area contributed by atoms with Gasteiger partial charge in [0.2, 0.25) is 0 Å². The van der Waals surface area contributed by atoms with E-state index in [0.29, 0.717) is 28.6 Å². The first kappa shape index (κ1) is 16.9. The first-order chi connectivity index (χ1) is 11.0. The van der Waals surface area contributed by atoms with Crippen molar-refractivity contribution < 1.29 is 28.6 Å². The molecule has 1 aromatic carbocycles. The van der Waals surface area contributed by atoms with Crippen molar-refractivity contribution in [1.29, 1.82) is 0 Å². The van der Waals surface area contributed by atoms with E-state index in [1.165, 1.54) is 7.11 Å². The number of thioether (sulfide) groups is 1. The Balaban J connectivity index is 2.21. The number of carbonyl (C=O) groups excluding carboxylic acids is 3. The number of esters is 1. The molecule has 0 saturated carbocycles. The molecule has 0 spiro atoms. The van der Waals surface area contributed by atoms with Crippen molar-refractivity contribution in [2.24, 2.45) is 0 Å². The van der Waals surface area contributed by atoms with Crippen LogP contribution in [0.2, 0.25) is 0 Å². The highest BCUT2D eigenvalue weighted by Gasteiger charge is 2.25. The number of methoxy groups -OCH3 is 1. The van der Waals surface area contributed by atoms with Crippen LogP contribution in [0.25, 0.3) is 6.08 Å². The van der Waals surface area contributed by atoms with E-state index in [0.717, 1.165) is 11.8 Å². The molecule has 1 aliphatic rings. The predicted octanol–water partition coefficient (Wildman–Crippen LogP) is 1.96. The second-order valence-electron chi connectivity index (χ2n) is 4.36. The van der Waals surface area contributed by atoms with Crippen LogP contribution < -0.4 is 14.8 Å². The van der Waals surface area contributed by atoms with Crippen LogP contribution in [-0.4, -0.2) is 37.4 Å². The number of hydrogen-bond donors (Lipinski definition) is 1. The SMILES string of the molecule is CCOc1cc(/C=C2/SC(=O)NC2=O)ccc1OCC(=O)OC. The van der Waals surface area contributed by atoms with Gasteiger partial charge in [-0.25, -0.2) is 4.79 Å². The molecule has 0 aliphatic carbocycles. The molecule has 1 fully saturated rings. The number of amides is 2. The van der Waals surface area contributed by atoms with E-state index in [-0.39, 0.29) is 6.61 Å². The highest BCUT2D eigenvalue weighted by atomic mass is 32.2. The van der Waals surface area contributed by atoms with Gasteiger partial charge < -0.3 is 14.2 Å². The Kier molecular flexibility index (Phi) is 5.64. The number of hydrogen-bond acceptors (Lipinski definition) is 7. The third-order valence-corrected chi connectivity index (χ3v) is 3.59. The van der Waals surface area contributed by atoms with Crippen molar-refractivity contribution in [2.45, 2.75) is 6.92 Å². The van der Waals surface area contributed by atoms with Crippen LogP contribution in [0.1, 0.15) is 12.5 Å². The van der Waals surface area contributed by atoms with E-state index >= 15 is 0 Å². The molecule has 0 radical (unpaired) electrons. The molecule has 0 unspecified atom stereocenters. The van der Waals surface area contributed by atoms with Gasteiger partial charge in [-0.05, 0) is 42.5 Å². The lowest BCUT2D eigenvalue weighted by atomic mass is 10.2. The molecule has 1 aromatic rings. The highest BCUT2D eigenvalue weighted by Crippen LogP contribution is 2.31. The number of nitrogens with one attached hydrogen (secondary N) is 1. The quantitative estimate of drug-likeness (QED) is 0.627. The summed E-state index contributed by atoms with van der Waals surface area (Å²) in [5.74, 6) is -0.111. The second kappa shape index (κ2) is 7.68. The molecule has 0 bridgehead atoms. The van der Waals surface area contributed by atoms with Gasteiger partial charge in [0.25, 0.3) is 11.1 Å². The minimum atomic E-state index is -0.504. The van der Waals surface area contributed by atoms with Gasteiger partial charge in [-0.1, -0.05) is 6.07 Å². The second-order valence-corrected chi connectivity index (χ2v) is 5.37. The maximum atomic E-state index is 11.5. The van der Waals surface area contributed by atoms with Crippen molar-refractivity contribution >= 4 is 35.0 Å². The van der Waals surface area contributed by atoms with Crippen LogP contribution in [0.3, 0.4) is 0 Å². The summed E-state index contributed by atoms with van der Waals surface area (Å²) in [7, 11) is 1.27. The number of imide groups is 1. The molecule has 0 atom stereocenters. The van der Waals surface area contributed by atoms with Crippen LogP contribution in [0.15, 0.2) is 23.1 Å². The molecule has 122 valence electrons. The molecule has 8 heteroatoms. The van der Waals surface area contributed by atoms with E-state index in [2.05, 4.69) is 10.1 Å². The molecule has 7 nitrogen and oxygen atoms in total. The zero-order chi connectivity index (χ0) is 16.8. The van der Waals surface area contributed by atoms with Crippen molar-refractivity contribution in [3.63, 3.8) is 0 Å². The average Bonchev–Trinajstić information content (AvgIpc) is 2.84. The normalized spacial score (nSPS) is 15.5. The summed E-state index contributed by atoms with van der Waals surface area (Å²) < 4.78 is 15.3. The van der Waals surface area contributed by atoms with Crippen LogP contribution in [0.4, 0.5) is 4.79 Å². The van der Waals surface area contributed by atoms with Crippen molar-refractivity contribution in [2.75, 3.05) is 20.3 Å². The molecule has 1 heterocycles. The van der Waals surface area contributed by atoms with Crippen LogP contribution in [0.5, 0.6) is 11.5 Å². The van der Waals surface area contributed by atoms with Crippen LogP contribution in [0, 0.1) is 0 Å². The number of carbonyl (C=O) groups is 3. The summed E-state index contributed by atoms with van der Waals surface area (Å²) >= 11 is 0.837. The molecule has 1 aliphatic heterocycles. The fourth-order valence-corrected chi connectivity index (χ4v) is 2.45. The minimum Gasteiger partial charge on any atom is -0.490 e. The Morgan fingerprint density at radius 2 is 2.04 bits per heavy atom. The van der Waals surface area contributed by atoms with E-state index in [1.54, 1.807) is 24.3 Å². The molecule has 2 amide bonds. The van der Waals surface area contributed by atoms with E-state index in [9.17, 15) is 14.4 Å². The third-order valence-electron chi connectivity index (χ3n) is 2.78. The summed E-state index contributed by atoms with van der Waals surface area (Å²) in [6.07, 6.45) is 1.58.